The second kappa shape index (κ2) is 8.03. The van der Waals surface area contributed by atoms with Crippen LogP contribution in [-0.4, -0.2) is 26.2 Å². The van der Waals surface area contributed by atoms with Crippen LogP contribution < -0.4 is 10.1 Å². The Labute approximate surface area is 127 Å². The predicted octanol–water partition coefficient (Wildman–Crippen LogP) is 3.17. The van der Waals surface area contributed by atoms with Crippen LogP contribution in [0.4, 0.5) is 0 Å². The quantitative estimate of drug-likeness (QED) is 0.748. The van der Waals surface area contributed by atoms with Gasteiger partial charge in [-0.1, -0.05) is 24.6 Å². The Morgan fingerprint density at radius 1 is 1.33 bits per heavy atom. The summed E-state index contributed by atoms with van der Waals surface area (Å²) in [6.45, 7) is 9.21. The lowest BCUT2D eigenvalue weighted by Crippen LogP contribution is -2.42. The Balaban J connectivity index is 3.16. The first-order chi connectivity index (χ1) is 9.96. The third-order valence-corrected chi connectivity index (χ3v) is 3.52. The number of aryl methyl sites for hydroxylation is 1. The molecule has 0 amide bonds. The van der Waals surface area contributed by atoms with Crippen LogP contribution in [0.5, 0.6) is 5.75 Å². The SMILES string of the molecule is CCCNC(C)(CC(=O)OCC)c1cc(C)ccc1OC. The Morgan fingerprint density at radius 3 is 2.62 bits per heavy atom. The molecule has 0 saturated heterocycles. The van der Waals surface area contributed by atoms with Gasteiger partial charge < -0.3 is 14.8 Å². The van der Waals surface area contributed by atoms with Crippen molar-refractivity contribution >= 4 is 5.97 Å². The minimum Gasteiger partial charge on any atom is -0.496 e. The van der Waals surface area contributed by atoms with Crippen molar-refractivity contribution in [2.75, 3.05) is 20.3 Å². The molecule has 0 spiro atoms. The fourth-order valence-corrected chi connectivity index (χ4v) is 2.41. The van der Waals surface area contributed by atoms with E-state index in [2.05, 4.69) is 18.3 Å². The fourth-order valence-electron chi connectivity index (χ4n) is 2.41. The monoisotopic (exact) mass is 293 g/mol. The lowest BCUT2D eigenvalue weighted by molar-refractivity contribution is -0.144. The van der Waals surface area contributed by atoms with E-state index in [0.717, 1.165) is 29.8 Å². The maximum Gasteiger partial charge on any atom is 0.307 e. The van der Waals surface area contributed by atoms with E-state index in [1.165, 1.54) is 0 Å². The third-order valence-electron chi connectivity index (χ3n) is 3.52. The van der Waals surface area contributed by atoms with E-state index in [4.69, 9.17) is 9.47 Å². The van der Waals surface area contributed by atoms with Gasteiger partial charge in [-0.2, -0.15) is 0 Å². The van der Waals surface area contributed by atoms with Crippen LogP contribution in [0.1, 0.15) is 44.7 Å². The summed E-state index contributed by atoms with van der Waals surface area (Å²) in [5.74, 6) is 0.586. The lowest BCUT2D eigenvalue weighted by Gasteiger charge is -2.32. The summed E-state index contributed by atoms with van der Waals surface area (Å²) in [6.07, 6.45) is 1.27. The van der Waals surface area contributed by atoms with Crippen molar-refractivity contribution in [3.63, 3.8) is 0 Å². The molecule has 1 aromatic rings. The van der Waals surface area contributed by atoms with Gasteiger partial charge >= 0.3 is 5.97 Å². The van der Waals surface area contributed by atoms with Crippen LogP contribution in [0.25, 0.3) is 0 Å². The molecule has 0 fully saturated rings. The van der Waals surface area contributed by atoms with E-state index in [9.17, 15) is 4.79 Å². The van der Waals surface area contributed by atoms with Crippen LogP contribution in [0, 0.1) is 6.92 Å². The zero-order valence-corrected chi connectivity index (χ0v) is 13.8. The molecule has 0 heterocycles. The maximum absolute atomic E-state index is 12.0. The van der Waals surface area contributed by atoms with Gasteiger partial charge in [-0.15, -0.1) is 0 Å². The Bertz CT molecular complexity index is 473. The third kappa shape index (κ3) is 4.74. The maximum atomic E-state index is 12.0. The number of ether oxygens (including phenoxy) is 2. The van der Waals surface area contributed by atoms with Crippen LogP contribution in [0.2, 0.25) is 0 Å². The van der Waals surface area contributed by atoms with Gasteiger partial charge in [0.05, 0.1) is 25.7 Å². The molecule has 0 aliphatic carbocycles. The molecule has 0 aliphatic rings. The van der Waals surface area contributed by atoms with Crippen LogP contribution in [-0.2, 0) is 15.1 Å². The van der Waals surface area contributed by atoms with Crippen molar-refractivity contribution in [2.45, 2.75) is 46.1 Å². The molecule has 0 aliphatic heterocycles. The summed E-state index contributed by atoms with van der Waals surface area (Å²) >= 11 is 0. The number of benzene rings is 1. The number of carbonyl (C=O) groups excluding carboxylic acids is 1. The number of hydrogen-bond acceptors (Lipinski definition) is 4. The number of esters is 1. The van der Waals surface area contributed by atoms with Crippen molar-refractivity contribution in [3.8, 4) is 5.75 Å². The van der Waals surface area contributed by atoms with Crippen LogP contribution in [0.15, 0.2) is 18.2 Å². The lowest BCUT2D eigenvalue weighted by atomic mass is 9.86. The highest BCUT2D eigenvalue weighted by atomic mass is 16.5. The second-order valence-electron chi connectivity index (χ2n) is 5.44. The van der Waals surface area contributed by atoms with Gasteiger partial charge in [0.2, 0.25) is 0 Å². The first-order valence-corrected chi connectivity index (χ1v) is 7.52. The largest absolute Gasteiger partial charge is 0.496 e. The Morgan fingerprint density at radius 2 is 2.05 bits per heavy atom. The number of nitrogens with one attached hydrogen (secondary N) is 1. The minimum absolute atomic E-state index is 0.202. The van der Waals surface area contributed by atoms with Crippen molar-refractivity contribution in [1.29, 1.82) is 0 Å². The molecule has 1 N–H and O–H groups in total. The molecule has 21 heavy (non-hydrogen) atoms. The van der Waals surface area contributed by atoms with Gasteiger partial charge in [0.15, 0.2) is 0 Å². The van der Waals surface area contributed by atoms with E-state index in [1.54, 1.807) is 7.11 Å². The van der Waals surface area contributed by atoms with Crippen LogP contribution >= 0.6 is 0 Å². The smallest absolute Gasteiger partial charge is 0.307 e. The van der Waals surface area contributed by atoms with E-state index >= 15 is 0 Å². The summed E-state index contributed by atoms with van der Waals surface area (Å²) in [4.78, 5) is 12.0. The zero-order chi connectivity index (χ0) is 15.9. The first-order valence-electron chi connectivity index (χ1n) is 7.52. The summed E-state index contributed by atoms with van der Waals surface area (Å²) < 4.78 is 10.6. The summed E-state index contributed by atoms with van der Waals surface area (Å²) in [5.41, 5.74) is 1.63. The standard InChI is InChI=1S/C17H27NO3/c1-6-10-18-17(4,12-16(19)21-7-2)14-11-13(3)8-9-15(14)20-5/h8-9,11,18H,6-7,10,12H2,1-5H3. The molecule has 0 radical (unpaired) electrons. The summed E-state index contributed by atoms with van der Waals surface area (Å²) in [6, 6.07) is 6.02. The van der Waals surface area contributed by atoms with E-state index in [0.29, 0.717) is 6.61 Å². The normalized spacial score (nSPS) is 13.6. The Hall–Kier alpha value is -1.55. The van der Waals surface area contributed by atoms with Crippen LogP contribution in [0.3, 0.4) is 0 Å². The molecule has 0 aromatic heterocycles. The highest BCUT2D eigenvalue weighted by molar-refractivity contribution is 5.71. The number of carbonyl (C=O) groups is 1. The number of hydrogen-bond donors (Lipinski definition) is 1. The first kappa shape index (κ1) is 17.5. The Kier molecular flexibility index (Phi) is 6.69. The molecule has 1 aromatic carbocycles. The van der Waals surface area contributed by atoms with Crippen molar-refractivity contribution in [1.82, 2.24) is 5.32 Å². The average molecular weight is 293 g/mol. The van der Waals surface area contributed by atoms with Gasteiger partial charge in [0.1, 0.15) is 5.75 Å². The highest BCUT2D eigenvalue weighted by Crippen LogP contribution is 2.33. The average Bonchev–Trinajstić information content (AvgIpc) is 2.45. The molecule has 4 heteroatoms. The summed E-state index contributed by atoms with van der Waals surface area (Å²) in [7, 11) is 1.65. The molecule has 1 unspecified atom stereocenters. The number of methoxy groups -OCH3 is 1. The number of rotatable bonds is 8. The molecule has 118 valence electrons. The van der Waals surface area contributed by atoms with Crippen molar-refractivity contribution in [2.24, 2.45) is 0 Å². The second-order valence-corrected chi connectivity index (χ2v) is 5.44. The molecule has 0 bridgehead atoms. The minimum atomic E-state index is -0.500. The van der Waals surface area contributed by atoms with E-state index in [-0.39, 0.29) is 12.4 Å². The van der Waals surface area contributed by atoms with Gasteiger partial charge in [-0.25, -0.2) is 0 Å². The van der Waals surface area contributed by atoms with Gasteiger partial charge in [-0.05, 0) is 39.8 Å². The zero-order valence-electron chi connectivity index (χ0n) is 13.8. The topological polar surface area (TPSA) is 47.6 Å². The fraction of sp³-hybridized carbons (Fsp3) is 0.588. The summed E-state index contributed by atoms with van der Waals surface area (Å²) in [5, 5.41) is 3.47. The molecule has 1 atom stereocenters. The van der Waals surface area contributed by atoms with Crippen molar-refractivity contribution in [3.05, 3.63) is 29.3 Å². The van der Waals surface area contributed by atoms with E-state index < -0.39 is 5.54 Å². The predicted molar refractivity (Wildman–Crippen MR) is 84.6 cm³/mol. The van der Waals surface area contributed by atoms with Gasteiger partial charge in [0.25, 0.3) is 0 Å². The van der Waals surface area contributed by atoms with Crippen molar-refractivity contribution < 1.29 is 14.3 Å². The highest BCUT2D eigenvalue weighted by Gasteiger charge is 2.32. The molecule has 1 rings (SSSR count). The van der Waals surface area contributed by atoms with E-state index in [1.807, 2.05) is 32.9 Å². The molecule has 4 nitrogen and oxygen atoms in total. The van der Waals surface area contributed by atoms with Gasteiger partial charge in [0, 0.05) is 5.56 Å². The molecule has 0 saturated carbocycles. The molecular weight excluding hydrogens is 266 g/mol. The molecular formula is C17H27NO3. The van der Waals surface area contributed by atoms with Gasteiger partial charge in [-0.3, -0.25) is 4.79 Å².